The molecule has 302 valence electrons. The molecular formula is C37H56ClN5O11. The van der Waals surface area contributed by atoms with Crippen molar-refractivity contribution in [3.63, 3.8) is 0 Å². The zero-order chi connectivity index (χ0) is 40.4. The van der Waals surface area contributed by atoms with E-state index in [4.69, 9.17) is 25.8 Å². The number of cyclic esters (lactones) is 2. The summed E-state index contributed by atoms with van der Waals surface area (Å²) in [4.78, 5) is 84.7. The number of halogens is 1. The van der Waals surface area contributed by atoms with Crippen LogP contribution >= 0.6 is 11.6 Å². The van der Waals surface area contributed by atoms with Crippen LogP contribution in [0.1, 0.15) is 110 Å². The number of aromatic hydroxyl groups is 1. The molecule has 17 heteroatoms. The highest BCUT2D eigenvalue weighted by molar-refractivity contribution is 6.18. The van der Waals surface area contributed by atoms with E-state index in [1.807, 2.05) is 20.8 Å². The number of phenolic OH excluding ortho intramolecular Hbond substituents is 1. The molecule has 1 saturated heterocycles. The molecule has 5 unspecified atom stereocenters. The first-order valence-corrected chi connectivity index (χ1v) is 19.1. The molecule has 0 bridgehead atoms. The number of carbonyl (C=O) groups excluding carboxylic acids is 6. The van der Waals surface area contributed by atoms with Crippen molar-refractivity contribution in [2.45, 2.75) is 130 Å². The van der Waals surface area contributed by atoms with E-state index in [9.17, 15) is 38.8 Å². The van der Waals surface area contributed by atoms with E-state index in [2.05, 4.69) is 28.2 Å². The molecule has 1 aliphatic carbocycles. The second kappa shape index (κ2) is 23.3. The Morgan fingerprint density at radius 2 is 1.70 bits per heavy atom. The summed E-state index contributed by atoms with van der Waals surface area (Å²) in [7, 11) is 0. The minimum absolute atomic E-state index is 0.00114. The lowest BCUT2D eigenvalue weighted by Crippen LogP contribution is -2.50. The van der Waals surface area contributed by atoms with Crippen LogP contribution in [0.2, 0.25) is 0 Å². The maximum atomic E-state index is 13.3. The van der Waals surface area contributed by atoms with Gasteiger partial charge in [-0.15, -0.1) is 16.5 Å². The van der Waals surface area contributed by atoms with Gasteiger partial charge in [0.25, 0.3) is 5.91 Å². The number of unbranched alkanes of at least 4 members (excludes halogenated alkanes) is 2. The lowest BCUT2D eigenvalue weighted by atomic mass is 9.87. The summed E-state index contributed by atoms with van der Waals surface area (Å²) in [6, 6.07) is 2.44. The maximum absolute atomic E-state index is 13.3. The molecule has 4 amide bonds. The Bertz CT molecular complexity index is 1420. The van der Waals surface area contributed by atoms with Crippen LogP contribution in [0.15, 0.2) is 23.5 Å². The molecule has 1 aliphatic heterocycles. The third kappa shape index (κ3) is 14.4. The number of rotatable bonds is 15. The maximum Gasteiger partial charge on any atom is 0.340 e. The number of benzene rings is 1. The normalized spacial score (nSPS) is 24.1. The zero-order valence-electron chi connectivity index (χ0n) is 32.0. The number of carbonyl (C=O) groups is 6. The summed E-state index contributed by atoms with van der Waals surface area (Å²) in [5.41, 5.74) is -0.215. The van der Waals surface area contributed by atoms with Crippen molar-refractivity contribution in [1.29, 1.82) is 0 Å². The Labute approximate surface area is 321 Å². The first-order valence-electron chi connectivity index (χ1n) is 18.6. The molecule has 0 spiro atoms. The number of anilines is 1. The predicted octanol–water partition coefficient (Wildman–Crippen LogP) is 5.59. The number of hydrogen-bond donors (Lipinski definition) is 4. The second-order valence-electron chi connectivity index (χ2n) is 14.2. The number of esters is 3. The van der Waals surface area contributed by atoms with Gasteiger partial charge in [-0.25, -0.2) is 9.59 Å². The van der Waals surface area contributed by atoms with Crippen LogP contribution in [0.3, 0.4) is 0 Å². The van der Waals surface area contributed by atoms with Crippen molar-refractivity contribution < 1.29 is 48.1 Å². The highest BCUT2D eigenvalue weighted by Crippen LogP contribution is 2.29. The molecular weight excluding hydrogens is 726 g/mol. The van der Waals surface area contributed by atoms with Crippen LogP contribution in [-0.2, 0) is 33.4 Å². The molecule has 2 fully saturated rings. The molecule has 16 nitrogen and oxygen atoms in total. The van der Waals surface area contributed by atoms with Crippen molar-refractivity contribution in [3.05, 3.63) is 28.7 Å². The topological polar surface area (TPSA) is 219 Å². The molecule has 3 rings (SSSR count). The Morgan fingerprint density at radius 1 is 1.04 bits per heavy atom. The number of urea groups is 1. The smallest absolute Gasteiger partial charge is 0.340 e. The van der Waals surface area contributed by atoms with E-state index in [0.717, 1.165) is 49.5 Å². The monoisotopic (exact) mass is 781 g/mol. The van der Waals surface area contributed by atoms with Crippen LogP contribution in [0, 0.1) is 22.7 Å². The van der Waals surface area contributed by atoms with Gasteiger partial charge < -0.3 is 35.3 Å². The van der Waals surface area contributed by atoms with E-state index in [1.54, 1.807) is 0 Å². The number of ether oxygens (including phenoxy) is 3. The molecule has 1 aromatic carbocycles. The van der Waals surface area contributed by atoms with Gasteiger partial charge in [-0.2, -0.15) is 5.01 Å². The van der Waals surface area contributed by atoms with Gasteiger partial charge in [-0.05, 0) is 69.9 Å². The fourth-order valence-corrected chi connectivity index (χ4v) is 6.30. The minimum atomic E-state index is -1.42. The number of nitrogens with zero attached hydrogens (tertiary/aromatic N) is 2. The van der Waals surface area contributed by atoms with Crippen LogP contribution in [0.4, 0.5) is 10.5 Å². The van der Waals surface area contributed by atoms with Gasteiger partial charge in [0, 0.05) is 18.3 Å². The van der Waals surface area contributed by atoms with Gasteiger partial charge in [0.05, 0.1) is 29.0 Å². The lowest BCUT2D eigenvalue weighted by Gasteiger charge is -2.29. The number of hydrogen-bond acceptors (Lipinski definition) is 12. The first kappa shape index (κ1) is 45.7. The van der Waals surface area contributed by atoms with Crippen molar-refractivity contribution in [2.24, 2.45) is 23.0 Å². The summed E-state index contributed by atoms with van der Waals surface area (Å²) in [5.74, 6) is -3.33. The number of para-hydroxylation sites is 1. The second-order valence-corrected chi connectivity index (χ2v) is 14.5. The van der Waals surface area contributed by atoms with Gasteiger partial charge in [-0.3, -0.25) is 19.2 Å². The summed E-state index contributed by atoms with van der Waals surface area (Å²) >= 11 is 5.46. The molecule has 54 heavy (non-hydrogen) atoms. The van der Waals surface area contributed by atoms with Crippen molar-refractivity contribution in [2.75, 3.05) is 17.7 Å². The molecule has 0 radical (unpaired) electrons. The molecule has 4 N–H and O–H groups in total. The standard InChI is InChI=1S/C27H38N2O9.C10H18ClN3O2/c1-6-7-8-10-19-24(38-21(31)13-15(2)3)17(5)37-27(35)22(16(4)36-26(19)34)29-25(33)18-11-9-12-20(23(18)32)28-14-30;1-8-2-4-9(5-3-8)12-10(15)14(13-16)7-6-11/h9,11-12,14-17,19,22,24,32H,6-8,10,13H2,1-5H3,(H,28,30)(H,29,33);8-9H,2-7H2,1H3,(H,12,15). The van der Waals surface area contributed by atoms with Crippen molar-refractivity contribution >= 4 is 53.5 Å². The van der Waals surface area contributed by atoms with Crippen LogP contribution < -0.4 is 16.0 Å². The van der Waals surface area contributed by atoms with E-state index in [-0.39, 0.29) is 42.1 Å². The van der Waals surface area contributed by atoms with E-state index in [0.29, 0.717) is 19.3 Å². The number of phenols is 1. The molecule has 2 aliphatic rings. The van der Waals surface area contributed by atoms with Gasteiger partial charge in [0.2, 0.25) is 6.41 Å². The zero-order valence-corrected chi connectivity index (χ0v) is 32.8. The molecule has 1 aromatic rings. The van der Waals surface area contributed by atoms with Gasteiger partial charge in [0.15, 0.2) is 17.9 Å². The number of alkyl halides is 1. The van der Waals surface area contributed by atoms with Gasteiger partial charge in [-0.1, -0.05) is 53.0 Å². The van der Waals surface area contributed by atoms with Crippen LogP contribution in [0.25, 0.3) is 0 Å². The average molecular weight is 782 g/mol. The highest BCUT2D eigenvalue weighted by atomic mass is 35.5. The van der Waals surface area contributed by atoms with Crippen molar-refractivity contribution in [3.8, 4) is 5.75 Å². The van der Waals surface area contributed by atoms with E-state index in [1.165, 1.54) is 32.0 Å². The number of nitrogens with one attached hydrogen (secondary N) is 3. The Balaban J connectivity index is 0.000000524. The fraction of sp³-hybridized carbons (Fsp3) is 0.676. The molecule has 1 saturated carbocycles. The Hall–Kier alpha value is -4.47. The molecule has 1 heterocycles. The third-order valence-electron chi connectivity index (χ3n) is 9.20. The van der Waals surface area contributed by atoms with Gasteiger partial charge >= 0.3 is 23.9 Å². The summed E-state index contributed by atoms with van der Waals surface area (Å²) in [6.07, 6.45) is 4.25. The Morgan fingerprint density at radius 3 is 2.30 bits per heavy atom. The predicted molar refractivity (Wildman–Crippen MR) is 200 cm³/mol. The average Bonchev–Trinajstić information content (AvgIpc) is 3.14. The van der Waals surface area contributed by atoms with Gasteiger partial charge in [0.1, 0.15) is 12.2 Å². The third-order valence-corrected chi connectivity index (χ3v) is 9.37. The SMILES string of the molecule is CC1CCC(NC(=O)N(CCCl)N=O)CC1.CCCCCC1C(=O)OC(C)C(NC(=O)c2cccc(NC=O)c2O)C(=O)OC(C)C1OC(=O)CC(C)C. The largest absolute Gasteiger partial charge is 0.505 e. The molecule has 0 aromatic heterocycles. The first-order chi connectivity index (χ1) is 25.7. The van der Waals surface area contributed by atoms with E-state index >= 15 is 0 Å². The number of nitroso groups, excluding NO2 is 1. The summed E-state index contributed by atoms with van der Waals surface area (Å²) in [6.45, 7) is 11.1. The van der Waals surface area contributed by atoms with Crippen LogP contribution in [0.5, 0.6) is 5.75 Å². The summed E-state index contributed by atoms with van der Waals surface area (Å²) < 4.78 is 16.9. The molecule has 5 atom stereocenters. The highest BCUT2D eigenvalue weighted by Gasteiger charge is 2.44. The number of amides is 4. The lowest BCUT2D eigenvalue weighted by molar-refractivity contribution is -0.175. The quantitative estimate of drug-likeness (QED) is 0.0251. The van der Waals surface area contributed by atoms with Crippen molar-refractivity contribution in [1.82, 2.24) is 15.6 Å². The summed E-state index contributed by atoms with van der Waals surface area (Å²) in [5, 5.41) is 21.4. The van der Waals surface area contributed by atoms with Crippen LogP contribution in [-0.4, -0.2) is 89.2 Å². The Kier molecular flexibility index (Phi) is 19.8. The van der Waals surface area contributed by atoms with E-state index < -0.39 is 65.9 Å². The minimum Gasteiger partial charge on any atom is -0.505 e. The fourth-order valence-electron chi connectivity index (χ4n) is 6.14.